The fourth-order valence-electron chi connectivity index (χ4n) is 4.71. The minimum atomic E-state index is -1.82. The third kappa shape index (κ3) is 10.2. The lowest BCUT2D eigenvalue weighted by Gasteiger charge is -2.34. The Bertz CT molecular complexity index is 1270. The Hall–Kier alpha value is -4.41. The maximum atomic E-state index is 13.2. The van der Waals surface area contributed by atoms with Gasteiger partial charge >= 0.3 is 11.9 Å². The van der Waals surface area contributed by atoms with Gasteiger partial charge < -0.3 is 29.7 Å². The second kappa shape index (κ2) is 16.8. The van der Waals surface area contributed by atoms with Crippen LogP contribution in [-0.4, -0.2) is 76.3 Å². The standard InChI is InChI=1S/C30H36N2O4.C2H2O4/c1-35-29-20-26(12-13-28(29)36-23-25-10-6-3-7-11-25)21-31-16-14-27(15-17-31)30(34)32(18-19-33)22-24-8-4-2-5-9-24;3-1(4)2(5)6/h2-13,20,27,33H,14-19,21-23H2,1H3;(H,3,4)(H,5,6). The number of carboxylic acid groups (broad SMARTS) is 2. The number of piperidine rings is 1. The van der Waals surface area contributed by atoms with E-state index in [0.717, 1.165) is 60.7 Å². The second-order valence-corrected chi connectivity index (χ2v) is 9.89. The van der Waals surface area contributed by atoms with E-state index >= 15 is 0 Å². The Morgan fingerprint density at radius 2 is 1.43 bits per heavy atom. The SMILES string of the molecule is COc1cc(CN2CCC(C(=O)N(CCO)Cc3ccccc3)CC2)ccc1OCc1ccccc1.O=C(O)C(=O)O. The third-order valence-electron chi connectivity index (χ3n) is 6.89. The molecule has 1 aliphatic rings. The number of likely N-dealkylation sites (tertiary alicyclic amines) is 1. The largest absolute Gasteiger partial charge is 0.493 e. The molecule has 3 aromatic carbocycles. The van der Waals surface area contributed by atoms with E-state index in [9.17, 15) is 9.90 Å². The minimum absolute atomic E-state index is 0.000175. The quantitative estimate of drug-likeness (QED) is 0.291. The molecule has 0 aliphatic carbocycles. The van der Waals surface area contributed by atoms with Crippen LogP contribution in [0.15, 0.2) is 78.9 Å². The van der Waals surface area contributed by atoms with Crippen LogP contribution in [0, 0.1) is 5.92 Å². The number of aliphatic hydroxyl groups excluding tert-OH is 1. The van der Waals surface area contributed by atoms with E-state index < -0.39 is 11.9 Å². The third-order valence-corrected chi connectivity index (χ3v) is 6.89. The van der Waals surface area contributed by atoms with E-state index in [-0.39, 0.29) is 18.4 Å². The molecule has 0 spiro atoms. The molecular formula is C32H38N2O8. The van der Waals surface area contributed by atoms with Crippen LogP contribution in [0.2, 0.25) is 0 Å². The molecule has 1 saturated heterocycles. The van der Waals surface area contributed by atoms with Gasteiger partial charge in [0.05, 0.1) is 13.7 Å². The lowest BCUT2D eigenvalue weighted by Crippen LogP contribution is -2.43. The van der Waals surface area contributed by atoms with Gasteiger partial charge in [0.15, 0.2) is 11.5 Å². The highest BCUT2D eigenvalue weighted by Gasteiger charge is 2.28. The number of benzene rings is 3. The van der Waals surface area contributed by atoms with Crippen molar-refractivity contribution >= 4 is 17.8 Å². The van der Waals surface area contributed by atoms with E-state index in [1.165, 1.54) is 0 Å². The van der Waals surface area contributed by atoms with Gasteiger partial charge in [0.25, 0.3) is 0 Å². The number of nitrogens with zero attached hydrogens (tertiary/aromatic N) is 2. The average Bonchev–Trinajstić information content (AvgIpc) is 3.01. The highest BCUT2D eigenvalue weighted by molar-refractivity contribution is 6.27. The molecule has 3 N–H and O–H groups in total. The van der Waals surface area contributed by atoms with Crippen LogP contribution in [0.4, 0.5) is 0 Å². The monoisotopic (exact) mass is 578 g/mol. The molecule has 10 nitrogen and oxygen atoms in total. The zero-order valence-corrected chi connectivity index (χ0v) is 23.7. The number of carbonyl (C=O) groups excluding carboxylic acids is 1. The zero-order chi connectivity index (χ0) is 30.3. The first kappa shape index (κ1) is 32.1. The molecule has 42 heavy (non-hydrogen) atoms. The molecule has 0 bridgehead atoms. The molecule has 1 fully saturated rings. The molecule has 0 unspecified atom stereocenters. The summed E-state index contributed by atoms with van der Waals surface area (Å²) in [6, 6.07) is 26.2. The van der Waals surface area contributed by atoms with Crippen LogP contribution in [0.1, 0.15) is 29.5 Å². The van der Waals surface area contributed by atoms with Crippen LogP contribution in [0.3, 0.4) is 0 Å². The molecule has 0 radical (unpaired) electrons. The summed E-state index contributed by atoms with van der Waals surface area (Å²) in [6.07, 6.45) is 1.65. The predicted octanol–water partition coefficient (Wildman–Crippen LogP) is 3.66. The summed E-state index contributed by atoms with van der Waals surface area (Å²) in [4.78, 5) is 35.6. The van der Waals surface area contributed by atoms with Gasteiger partial charge in [-0.05, 0) is 54.8 Å². The van der Waals surface area contributed by atoms with Crippen molar-refractivity contribution in [2.75, 3.05) is 33.4 Å². The molecule has 0 saturated carbocycles. The van der Waals surface area contributed by atoms with E-state index in [4.69, 9.17) is 29.3 Å². The Kier molecular flexibility index (Phi) is 12.8. The molecule has 0 aromatic heterocycles. The van der Waals surface area contributed by atoms with Gasteiger partial charge in [-0.15, -0.1) is 0 Å². The van der Waals surface area contributed by atoms with Crippen LogP contribution in [-0.2, 0) is 34.1 Å². The molecule has 1 heterocycles. The molecule has 1 amide bonds. The predicted molar refractivity (Wildman–Crippen MR) is 156 cm³/mol. The number of rotatable bonds is 11. The number of aliphatic carboxylic acids is 2. The first-order chi connectivity index (χ1) is 20.3. The number of hydrogen-bond acceptors (Lipinski definition) is 7. The Morgan fingerprint density at radius 3 is 1.98 bits per heavy atom. The van der Waals surface area contributed by atoms with Crippen molar-refractivity contribution in [1.82, 2.24) is 9.80 Å². The summed E-state index contributed by atoms with van der Waals surface area (Å²) < 4.78 is 11.6. The molecule has 1 aliphatic heterocycles. The molecule has 0 atom stereocenters. The van der Waals surface area contributed by atoms with E-state index in [1.807, 2.05) is 72.8 Å². The van der Waals surface area contributed by atoms with Crippen molar-refractivity contribution < 1.29 is 39.2 Å². The topological polar surface area (TPSA) is 137 Å². The van der Waals surface area contributed by atoms with Gasteiger partial charge in [0, 0.05) is 25.6 Å². The van der Waals surface area contributed by atoms with E-state index in [0.29, 0.717) is 19.7 Å². The van der Waals surface area contributed by atoms with Gasteiger partial charge in [-0.1, -0.05) is 66.7 Å². The van der Waals surface area contributed by atoms with E-state index in [2.05, 4.69) is 11.0 Å². The maximum Gasteiger partial charge on any atom is 0.414 e. The summed E-state index contributed by atoms with van der Waals surface area (Å²) in [5.74, 6) is -2.04. The van der Waals surface area contributed by atoms with Crippen molar-refractivity contribution in [3.05, 3.63) is 95.6 Å². The highest BCUT2D eigenvalue weighted by atomic mass is 16.5. The number of ether oxygens (including phenoxy) is 2. The Labute approximate surface area is 245 Å². The van der Waals surface area contributed by atoms with Crippen molar-refractivity contribution in [2.24, 2.45) is 5.92 Å². The molecule has 4 rings (SSSR count). The van der Waals surface area contributed by atoms with Crippen LogP contribution >= 0.6 is 0 Å². The van der Waals surface area contributed by atoms with Gasteiger partial charge in [-0.25, -0.2) is 9.59 Å². The lowest BCUT2D eigenvalue weighted by molar-refractivity contribution is -0.159. The molecule has 3 aromatic rings. The van der Waals surface area contributed by atoms with Crippen molar-refractivity contribution in [3.63, 3.8) is 0 Å². The van der Waals surface area contributed by atoms with Gasteiger partial charge in [-0.3, -0.25) is 9.69 Å². The average molecular weight is 579 g/mol. The normalized spacial score (nSPS) is 13.4. The second-order valence-electron chi connectivity index (χ2n) is 9.89. The molecule has 10 heteroatoms. The number of carboxylic acids is 2. The highest BCUT2D eigenvalue weighted by Crippen LogP contribution is 2.30. The maximum absolute atomic E-state index is 13.2. The minimum Gasteiger partial charge on any atom is -0.493 e. The lowest BCUT2D eigenvalue weighted by atomic mass is 9.94. The number of hydrogen-bond donors (Lipinski definition) is 3. The zero-order valence-electron chi connectivity index (χ0n) is 23.7. The summed E-state index contributed by atoms with van der Waals surface area (Å²) in [7, 11) is 1.67. The van der Waals surface area contributed by atoms with Crippen LogP contribution < -0.4 is 9.47 Å². The number of methoxy groups -OCH3 is 1. The summed E-state index contributed by atoms with van der Waals surface area (Å²) >= 11 is 0. The smallest absolute Gasteiger partial charge is 0.414 e. The Balaban J connectivity index is 0.000000730. The van der Waals surface area contributed by atoms with Crippen LogP contribution in [0.5, 0.6) is 11.5 Å². The Morgan fingerprint density at radius 1 is 0.833 bits per heavy atom. The number of aliphatic hydroxyl groups is 1. The summed E-state index contributed by atoms with van der Waals surface area (Å²) in [6.45, 7) is 3.92. The van der Waals surface area contributed by atoms with Gasteiger partial charge in [-0.2, -0.15) is 0 Å². The van der Waals surface area contributed by atoms with E-state index in [1.54, 1.807) is 12.0 Å². The van der Waals surface area contributed by atoms with Crippen molar-refractivity contribution in [3.8, 4) is 11.5 Å². The first-order valence-corrected chi connectivity index (χ1v) is 13.8. The number of carbonyl (C=O) groups is 3. The molecular weight excluding hydrogens is 540 g/mol. The fourth-order valence-corrected chi connectivity index (χ4v) is 4.71. The summed E-state index contributed by atoms with van der Waals surface area (Å²) in [5, 5.41) is 24.3. The first-order valence-electron chi connectivity index (χ1n) is 13.8. The molecule has 224 valence electrons. The fraction of sp³-hybridized carbons (Fsp3) is 0.344. The number of amides is 1. The summed E-state index contributed by atoms with van der Waals surface area (Å²) in [5.41, 5.74) is 3.36. The van der Waals surface area contributed by atoms with Gasteiger partial charge in [0.1, 0.15) is 6.61 Å². The van der Waals surface area contributed by atoms with Crippen molar-refractivity contribution in [2.45, 2.75) is 32.5 Å². The van der Waals surface area contributed by atoms with Crippen LogP contribution in [0.25, 0.3) is 0 Å². The van der Waals surface area contributed by atoms with Crippen molar-refractivity contribution in [1.29, 1.82) is 0 Å². The van der Waals surface area contributed by atoms with Gasteiger partial charge in [0.2, 0.25) is 5.91 Å².